The van der Waals surface area contributed by atoms with Crippen LogP contribution in [-0.4, -0.2) is 43.5 Å². The molecule has 1 spiro atoms. The van der Waals surface area contributed by atoms with E-state index < -0.39 is 0 Å². The molecule has 6 fully saturated rings. The minimum absolute atomic E-state index is 0.263. The van der Waals surface area contributed by atoms with Crippen molar-refractivity contribution in [1.29, 1.82) is 0 Å². The Bertz CT molecular complexity index is 729. The third-order valence-corrected chi connectivity index (χ3v) is 12.6. The molecule has 0 radical (unpaired) electrons. The highest BCUT2D eigenvalue weighted by Crippen LogP contribution is 2.71. The van der Waals surface area contributed by atoms with Crippen LogP contribution in [-0.2, 0) is 9.47 Å². The fourth-order valence-electron chi connectivity index (χ4n) is 10.7. The molecule has 2 saturated heterocycles. The summed E-state index contributed by atoms with van der Waals surface area (Å²) in [5, 5.41) is 0. The minimum atomic E-state index is -0.263. The maximum absolute atomic E-state index is 6.96. The highest BCUT2D eigenvalue weighted by atomic mass is 16.7. The molecule has 2 aliphatic heterocycles. The summed E-state index contributed by atoms with van der Waals surface area (Å²) >= 11 is 0. The number of fused-ring (bicyclic) bond motifs is 7. The summed E-state index contributed by atoms with van der Waals surface area (Å²) in [6, 6.07) is 0.813. The van der Waals surface area contributed by atoms with E-state index in [4.69, 9.17) is 9.47 Å². The van der Waals surface area contributed by atoms with Crippen LogP contribution in [0.4, 0.5) is 0 Å². The average Bonchev–Trinajstić information content (AvgIpc) is 3.20. The van der Waals surface area contributed by atoms with Crippen LogP contribution in [0.1, 0.15) is 91.9 Å². The van der Waals surface area contributed by atoms with Crippen molar-refractivity contribution >= 4 is 0 Å². The second-order valence-corrected chi connectivity index (χ2v) is 14.1. The maximum Gasteiger partial charge on any atom is 0.171 e. The van der Waals surface area contributed by atoms with E-state index in [9.17, 15) is 0 Å². The van der Waals surface area contributed by atoms with Crippen molar-refractivity contribution in [2.45, 2.75) is 110 Å². The van der Waals surface area contributed by atoms with Gasteiger partial charge in [0.1, 0.15) is 0 Å². The first-order valence-electron chi connectivity index (χ1n) is 14.2. The molecule has 0 bridgehead atoms. The smallest absolute Gasteiger partial charge is 0.171 e. The SMILES string of the molecule is C[C@@H]1CC[C@@]2(OC1)OC1CC3C4CCC5C[C@@H](N(C)C)CC[C@]5(C)C4CC[C@]3(C)C1[C@@H]2C. The Morgan fingerprint density at radius 3 is 2.31 bits per heavy atom. The molecular weight excluding hydrogens is 394 g/mol. The van der Waals surface area contributed by atoms with Crippen LogP contribution < -0.4 is 0 Å². The lowest BCUT2D eigenvalue weighted by atomic mass is 9.44. The lowest BCUT2D eigenvalue weighted by molar-refractivity contribution is -0.273. The Balaban J connectivity index is 1.23. The molecule has 6 rings (SSSR count). The Labute approximate surface area is 197 Å². The Hall–Kier alpha value is -0.120. The third-order valence-electron chi connectivity index (χ3n) is 12.6. The van der Waals surface area contributed by atoms with E-state index in [1.54, 1.807) is 0 Å². The van der Waals surface area contributed by atoms with Crippen molar-refractivity contribution in [2.75, 3.05) is 20.7 Å². The fourth-order valence-corrected chi connectivity index (χ4v) is 10.7. The fraction of sp³-hybridized carbons (Fsp3) is 1.00. The molecule has 12 atom stereocenters. The van der Waals surface area contributed by atoms with Crippen LogP contribution in [0.2, 0.25) is 0 Å². The summed E-state index contributed by atoms with van der Waals surface area (Å²) in [6.07, 6.45) is 14.3. The quantitative estimate of drug-likeness (QED) is 0.470. The molecule has 4 aliphatic carbocycles. The van der Waals surface area contributed by atoms with Crippen molar-refractivity contribution in [2.24, 2.45) is 52.3 Å². The van der Waals surface area contributed by atoms with Gasteiger partial charge in [0.05, 0.1) is 12.7 Å². The maximum atomic E-state index is 6.96. The summed E-state index contributed by atoms with van der Waals surface area (Å²) in [7, 11) is 4.60. The van der Waals surface area contributed by atoms with Gasteiger partial charge >= 0.3 is 0 Å². The second kappa shape index (κ2) is 7.44. The molecule has 6 unspecified atom stereocenters. The van der Waals surface area contributed by atoms with Crippen LogP contribution in [0.5, 0.6) is 0 Å². The van der Waals surface area contributed by atoms with Gasteiger partial charge in [-0.1, -0.05) is 27.7 Å². The second-order valence-electron chi connectivity index (χ2n) is 14.1. The number of ether oxygens (including phenoxy) is 2. The monoisotopic (exact) mass is 443 g/mol. The van der Waals surface area contributed by atoms with Crippen molar-refractivity contribution in [3.05, 3.63) is 0 Å². The Morgan fingerprint density at radius 1 is 0.812 bits per heavy atom. The first-order chi connectivity index (χ1) is 15.2. The molecule has 0 aromatic heterocycles. The average molecular weight is 444 g/mol. The van der Waals surface area contributed by atoms with E-state index in [2.05, 4.69) is 46.7 Å². The summed E-state index contributed by atoms with van der Waals surface area (Å²) in [6.45, 7) is 11.1. The van der Waals surface area contributed by atoms with Gasteiger partial charge in [-0.15, -0.1) is 0 Å². The molecule has 2 heterocycles. The molecule has 3 nitrogen and oxygen atoms in total. The summed E-state index contributed by atoms with van der Waals surface area (Å²) in [5.41, 5.74) is 1.05. The summed E-state index contributed by atoms with van der Waals surface area (Å²) in [5.74, 6) is 5.41. The van der Waals surface area contributed by atoms with Crippen molar-refractivity contribution < 1.29 is 9.47 Å². The number of nitrogens with zero attached hydrogens (tertiary/aromatic N) is 1. The highest BCUT2D eigenvalue weighted by molar-refractivity contribution is 5.15. The Kier molecular flexibility index (Phi) is 5.20. The lowest BCUT2D eigenvalue weighted by Crippen LogP contribution is -2.55. The van der Waals surface area contributed by atoms with Gasteiger partial charge in [-0.3, -0.25) is 0 Å². The van der Waals surface area contributed by atoms with E-state index >= 15 is 0 Å². The van der Waals surface area contributed by atoms with E-state index in [-0.39, 0.29) is 5.79 Å². The number of rotatable bonds is 1. The normalized spacial score (nSPS) is 59.5. The first kappa shape index (κ1) is 22.4. The molecule has 6 aliphatic rings. The lowest BCUT2D eigenvalue weighted by Gasteiger charge is -2.61. The summed E-state index contributed by atoms with van der Waals surface area (Å²) < 4.78 is 13.5. The van der Waals surface area contributed by atoms with Crippen LogP contribution in [0.15, 0.2) is 0 Å². The molecule has 3 heteroatoms. The van der Waals surface area contributed by atoms with Gasteiger partial charge in [0, 0.05) is 18.4 Å². The zero-order valence-electron chi connectivity index (χ0n) is 21.7. The molecule has 4 saturated carbocycles. The third kappa shape index (κ3) is 2.95. The van der Waals surface area contributed by atoms with Crippen molar-refractivity contribution in [3.63, 3.8) is 0 Å². The molecule has 182 valence electrons. The zero-order valence-corrected chi connectivity index (χ0v) is 21.7. The number of hydrogen-bond acceptors (Lipinski definition) is 3. The van der Waals surface area contributed by atoms with E-state index in [0.717, 1.165) is 42.7 Å². The van der Waals surface area contributed by atoms with Crippen LogP contribution >= 0.6 is 0 Å². The zero-order chi connectivity index (χ0) is 22.5. The van der Waals surface area contributed by atoms with Gasteiger partial charge in [-0.05, 0) is 118 Å². The molecule has 0 N–H and O–H groups in total. The predicted molar refractivity (Wildman–Crippen MR) is 129 cm³/mol. The van der Waals surface area contributed by atoms with Crippen molar-refractivity contribution in [1.82, 2.24) is 4.90 Å². The van der Waals surface area contributed by atoms with Gasteiger partial charge in [0.2, 0.25) is 0 Å². The molecule has 0 aromatic carbocycles. The van der Waals surface area contributed by atoms with E-state index in [0.29, 0.717) is 34.7 Å². The van der Waals surface area contributed by atoms with Crippen LogP contribution in [0.3, 0.4) is 0 Å². The first-order valence-corrected chi connectivity index (χ1v) is 14.2. The van der Waals surface area contributed by atoms with Crippen molar-refractivity contribution in [3.8, 4) is 0 Å². The predicted octanol–water partition coefficient (Wildman–Crippen LogP) is 6.36. The largest absolute Gasteiger partial charge is 0.349 e. The molecule has 0 amide bonds. The van der Waals surface area contributed by atoms with Crippen LogP contribution in [0.25, 0.3) is 0 Å². The standard InChI is InChI=1S/C29H49NO2/c1-18-9-14-29(31-17-18)19(2)26-25(32-29)16-24-22-8-7-20-15-21(30(5)6)10-12-27(20,3)23(22)11-13-28(24,26)4/h18-26H,7-17H2,1-6H3/t18-,19+,20?,21+,22?,23?,24?,25?,26?,27+,28+,29-/m1/s1. The Morgan fingerprint density at radius 2 is 1.59 bits per heavy atom. The minimum Gasteiger partial charge on any atom is -0.349 e. The molecule has 32 heavy (non-hydrogen) atoms. The summed E-state index contributed by atoms with van der Waals surface area (Å²) in [4.78, 5) is 2.50. The van der Waals surface area contributed by atoms with Crippen LogP contribution in [0, 0.1) is 52.3 Å². The van der Waals surface area contributed by atoms with Gasteiger partial charge in [0.15, 0.2) is 5.79 Å². The van der Waals surface area contributed by atoms with Gasteiger partial charge < -0.3 is 14.4 Å². The van der Waals surface area contributed by atoms with Gasteiger partial charge in [-0.25, -0.2) is 0 Å². The van der Waals surface area contributed by atoms with E-state index in [1.807, 2.05) is 0 Å². The topological polar surface area (TPSA) is 21.7 Å². The molecular formula is C29H49NO2. The van der Waals surface area contributed by atoms with E-state index in [1.165, 1.54) is 57.8 Å². The molecule has 0 aromatic rings. The number of hydrogen-bond donors (Lipinski definition) is 0. The highest BCUT2D eigenvalue weighted by Gasteiger charge is 2.69. The van der Waals surface area contributed by atoms with Gasteiger partial charge in [-0.2, -0.15) is 0 Å². The van der Waals surface area contributed by atoms with Gasteiger partial charge in [0.25, 0.3) is 0 Å².